The Morgan fingerprint density at radius 3 is 2.36 bits per heavy atom. The van der Waals surface area contributed by atoms with Crippen LogP contribution >= 0.6 is 11.3 Å². The Hall–Kier alpha value is -2.46. The van der Waals surface area contributed by atoms with Crippen LogP contribution in [0.5, 0.6) is 0 Å². The molecule has 1 N–H and O–H groups in total. The van der Waals surface area contributed by atoms with Gasteiger partial charge in [-0.25, -0.2) is 4.98 Å². The van der Waals surface area contributed by atoms with Crippen LogP contribution in [-0.2, 0) is 6.42 Å². The number of carbonyl (C=O) groups is 1. The fourth-order valence-electron chi connectivity index (χ4n) is 2.68. The van der Waals surface area contributed by atoms with Gasteiger partial charge in [-0.2, -0.15) is 0 Å². The highest BCUT2D eigenvalue weighted by atomic mass is 32.1. The Morgan fingerprint density at radius 1 is 1.00 bits per heavy atom. The zero-order chi connectivity index (χ0) is 17.5. The Labute approximate surface area is 152 Å². The van der Waals surface area contributed by atoms with E-state index in [1.54, 1.807) is 0 Å². The number of hydrogen-bond donors (Lipinski definition) is 1. The second-order valence-corrected chi connectivity index (χ2v) is 7.02. The number of nitrogens with one attached hydrogen (secondary N) is 1. The maximum Gasteiger partial charge on any atom is 0.284 e. The zero-order valence-corrected chi connectivity index (χ0v) is 15.2. The molecule has 3 rings (SSSR count). The van der Waals surface area contributed by atoms with Crippen molar-refractivity contribution in [1.82, 2.24) is 4.98 Å². The molecule has 0 spiro atoms. The third-order valence-electron chi connectivity index (χ3n) is 3.98. The lowest BCUT2D eigenvalue weighted by Gasteiger charge is -2.02. The summed E-state index contributed by atoms with van der Waals surface area (Å²) in [6.07, 6.45) is 4.46. The maximum atomic E-state index is 12.6. The predicted octanol–water partition coefficient (Wildman–Crippen LogP) is 5.80. The largest absolute Gasteiger partial charge is 0.320 e. The molecule has 3 aromatic rings. The van der Waals surface area contributed by atoms with Gasteiger partial charge in [-0.05, 0) is 25.0 Å². The van der Waals surface area contributed by atoms with Crippen molar-refractivity contribution in [3.63, 3.8) is 0 Å². The van der Waals surface area contributed by atoms with Crippen molar-refractivity contribution >= 4 is 22.9 Å². The predicted molar refractivity (Wildman–Crippen MR) is 105 cm³/mol. The molecule has 128 valence electrons. The van der Waals surface area contributed by atoms with Gasteiger partial charge in [0.2, 0.25) is 0 Å². The molecule has 0 bridgehead atoms. The molecule has 4 heteroatoms. The number of rotatable bonds is 7. The summed E-state index contributed by atoms with van der Waals surface area (Å²) in [7, 11) is 0. The summed E-state index contributed by atoms with van der Waals surface area (Å²) < 4.78 is 0. The van der Waals surface area contributed by atoms with Crippen molar-refractivity contribution in [3.05, 3.63) is 70.5 Å². The molecular formula is C21H22N2OS. The van der Waals surface area contributed by atoms with Crippen molar-refractivity contribution in [2.75, 3.05) is 5.32 Å². The number of para-hydroxylation sites is 1. The van der Waals surface area contributed by atoms with E-state index in [4.69, 9.17) is 0 Å². The fourth-order valence-corrected chi connectivity index (χ4v) is 3.70. The SMILES string of the molecule is CCCCCc1sc(C(=O)Nc2ccccc2)nc1-c1ccccc1. The average Bonchev–Trinajstić information content (AvgIpc) is 3.08. The lowest BCUT2D eigenvalue weighted by molar-refractivity contribution is 0.102. The highest BCUT2D eigenvalue weighted by molar-refractivity contribution is 7.14. The molecule has 0 aliphatic heterocycles. The number of aromatic nitrogens is 1. The van der Waals surface area contributed by atoms with E-state index in [0.29, 0.717) is 5.01 Å². The van der Waals surface area contributed by atoms with E-state index in [2.05, 4.69) is 29.4 Å². The van der Waals surface area contributed by atoms with Crippen LogP contribution in [0.1, 0.15) is 40.9 Å². The molecule has 0 saturated heterocycles. The van der Waals surface area contributed by atoms with E-state index < -0.39 is 0 Å². The number of thiazole rings is 1. The molecule has 1 heterocycles. The first-order valence-electron chi connectivity index (χ1n) is 8.69. The highest BCUT2D eigenvalue weighted by Crippen LogP contribution is 2.30. The zero-order valence-electron chi connectivity index (χ0n) is 14.4. The molecule has 1 amide bonds. The van der Waals surface area contributed by atoms with Crippen molar-refractivity contribution in [3.8, 4) is 11.3 Å². The van der Waals surface area contributed by atoms with E-state index in [0.717, 1.165) is 29.8 Å². The number of carbonyl (C=O) groups excluding carboxylic acids is 1. The minimum absolute atomic E-state index is 0.143. The summed E-state index contributed by atoms with van der Waals surface area (Å²) in [5, 5.41) is 3.45. The summed E-state index contributed by atoms with van der Waals surface area (Å²) in [6, 6.07) is 19.6. The third-order valence-corrected chi connectivity index (χ3v) is 5.09. The van der Waals surface area contributed by atoms with Gasteiger partial charge >= 0.3 is 0 Å². The first kappa shape index (κ1) is 17.4. The standard InChI is InChI=1S/C21H22N2OS/c1-2-3-6-15-18-19(16-11-7-4-8-12-16)23-21(25-18)20(24)22-17-13-9-5-10-14-17/h4-5,7-14H,2-3,6,15H2,1H3,(H,22,24). The van der Waals surface area contributed by atoms with Crippen LogP contribution < -0.4 is 5.32 Å². The highest BCUT2D eigenvalue weighted by Gasteiger charge is 2.17. The van der Waals surface area contributed by atoms with Gasteiger partial charge in [0, 0.05) is 16.1 Å². The third kappa shape index (κ3) is 4.54. The van der Waals surface area contributed by atoms with Crippen LogP contribution in [0.15, 0.2) is 60.7 Å². The summed E-state index contributed by atoms with van der Waals surface area (Å²) in [6.45, 7) is 2.20. The molecule has 0 radical (unpaired) electrons. The van der Waals surface area contributed by atoms with Gasteiger partial charge in [0.15, 0.2) is 5.01 Å². The number of hydrogen-bond acceptors (Lipinski definition) is 3. The van der Waals surface area contributed by atoms with Crippen LogP contribution in [0.2, 0.25) is 0 Å². The molecule has 3 nitrogen and oxygen atoms in total. The van der Waals surface area contributed by atoms with Gasteiger partial charge in [-0.1, -0.05) is 68.3 Å². The quantitative estimate of drug-likeness (QED) is 0.548. The lowest BCUT2D eigenvalue weighted by atomic mass is 10.1. The number of nitrogens with zero attached hydrogens (tertiary/aromatic N) is 1. The Bertz CT molecular complexity index is 812. The van der Waals surface area contributed by atoms with Crippen LogP contribution in [-0.4, -0.2) is 10.9 Å². The minimum Gasteiger partial charge on any atom is -0.320 e. The molecule has 0 aliphatic carbocycles. The van der Waals surface area contributed by atoms with Gasteiger partial charge < -0.3 is 5.32 Å². The van der Waals surface area contributed by atoms with E-state index in [1.807, 2.05) is 48.5 Å². The molecule has 0 aliphatic rings. The number of aryl methyl sites for hydroxylation is 1. The Kier molecular flexibility index (Phi) is 5.96. The number of unbranched alkanes of at least 4 members (excludes halogenated alkanes) is 2. The average molecular weight is 350 g/mol. The molecule has 1 aromatic heterocycles. The first-order chi connectivity index (χ1) is 12.3. The molecular weight excluding hydrogens is 328 g/mol. The number of benzene rings is 2. The van der Waals surface area contributed by atoms with E-state index in [1.165, 1.54) is 29.1 Å². The second-order valence-electron chi connectivity index (χ2n) is 5.93. The van der Waals surface area contributed by atoms with Gasteiger partial charge in [-0.15, -0.1) is 11.3 Å². The van der Waals surface area contributed by atoms with Crippen LogP contribution in [0.25, 0.3) is 11.3 Å². The topological polar surface area (TPSA) is 42.0 Å². The smallest absolute Gasteiger partial charge is 0.284 e. The molecule has 0 fully saturated rings. The van der Waals surface area contributed by atoms with Gasteiger partial charge in [0.25, 0.3) is 5.91 Å². The number of amides is 1. The van der Waals surface area contributed by atoms with E-state index in [9.17, 15) is 4.79 Å². The summed E-state index contributed by atoms with van der Waals surface area (Å²) in [5.74, 6) is -0.143. The van der Waals surface area contributed by atoms with Crippen LogP contribution in [0.4, 0.5) is 5.69 Å². The minimum atomic E-state index is -0.143. The molecule has 0 saturated carbocycles. The van der Waals surface area contributed by atoms with Crippen LogP contribution in [0.3, 0.4) is 0 Å². The van der Waals surface area contributed by atoms with Crippen molar-refractivity contribution in [1.29, 1.82) is 0 Å². The van der Waals surface area contributed by atoms with Gasteiger partial charge in [0.1, 0.15) is 0 Å². The molecule has 0 unspecified atom stereocenters. The lowest BCUT2D eigenvalue weighted by Crippen LogP contribution is -2.11. The number of anilines is 1. The van der Waals surface area contributed by atoms with Crippen LogP contribution in [0, 0.1) is 0 Å². The monoisotopic (exact) mass is 350 g/mol. The summed E-state index contributed by atoms with van der Waals surface area (Å²) >= 11 is 1.51. The molecule has 25 heavy (non-hydrogen) atoms. The summed E-state index contributed by atoms with van der Waals surface area (Å²) in [4.78, 5) is 18.4. The Balaban J connectivity index is 1.85. The van der Waals surface area contributed by atoms with Gasteiger partial charge in [-0.3, -0.25) is 4.79 Å². The van der Waals surface area contributed by atoms with E-state index >= 15 is 0 Å². The Morgan fingerprint density at radius 2 is 1.68 bits per heavy atom. The molecule has 2 aromatic carbocycles. The van der Waals surface area contributed by atoms with Gasteiger partial charge in [0.05, 0.1) is 5.69 Å². The molecule has 0 atom stereocenters. The first-order valence-corrected chi connectivity index (χ1v) is 9.51. The van der Waals surface area contributed by atoms with Crippen molar-refractivity contribution in [2.24, 2.45) is 0 Å². The summed E-state index contributed by atoms with van der Waals surface area (Å²) in [5.41, 5.74) is 2.81. The normalized spacial score (nSPS) is 10.6. The van der Waals surface area contributed by atoms with Crippen molar-refractivity contribution in [2.45, 2.75) is 32.6 Å². The van der Waals surface area contributed by atoms with Crippen molar-refractivity contribution < 1.29 is 4.79 Å². The van der Waals surface area contributed by atoms with E-state index in [-0.39, 0.29) is 5.91 Å². The fraction of sp³-hybridized carbons (Fsp3) is 0.238. The second kappa shape index (κ2) is 8.58. The maximum absolute atomic E-state index is 12.6.